The Morgan fingerprint density at radius 3 is 2.77 bits per heavy atom. The second kappa shape index (κ2) is 4.42. The van der Waals surface area contributed by atoms with Crippen molar-refractivity contribution in [2.45, 2.75) is 5.60 Å². The van der Waals surface area contributed by atoms with Gasteiger partial charge in [0.25, 0.3) is 10.2 Å². The molecule has 22 heavy (non-hydrogen) atoms. The first kappa shape index (κ1) is 14.4. The van der Waals surface area contributed by atoms with E-state index in [1.807, 2.05) is 0 Å². The monoisotopic (exact) mass is 342 g/mol. The predicted octanol–water partition coefficient (Wildman–Crippen LogP) is 0.430. The highest BCUT2D eigenvalue weighted by Crippen LogP contribution is 2.63. The van der Waals surface area contributed by atoms with Crippen LogP contribution in [0.1, 0.15) is 5.56 Å². The summed E-state index contributed by atoms with van der Waals surface area (Å²) in [5, 5.41) is 19.2. The molecule has 3 N–H and O–H groups in total. The molecule has 1 saturated carbocycles. The maximum Gasteiger partial charge on any atom is 0.279 e. The molecular formula is C13H15ClN4O3S. The van der Waals surface area contributed by atoms with Crippen LogP contribution in [-0.4, -0.2) is 48.2 Å². The number of H-pyrrole nitrogens is 1. The fourth-order valence-corrected chi connectivity index (χ4v) is 4.83. The highest BCUT2D eigenvalue weighted by atomic mass is 35.5. The first-order valence-electron chi connectivity index (χ1n) is 6.92. The Balaban J connectivity index is 1.70. The van der Waals surface area contributed by atoms with E-state index >= 15 is 0 Å². The fourth-order valence-electron chi connectivity index (χ4n) is 3.64. The molecule has 1 aromatic heterocycles. The first-order chi connectivity index (χ1) is 10.4. The van der Waals surface area contributed by atoms with E-state index in [4.69, 9.17) is 11.6 Å². The molecule has 118 valence electrons. The maximum atomic E-state index is 11.8. The molecule has 1 saturated heterocycles. The lowest BCUT2D eigenvalue weighted by Crippen LogP contribution is -2.41. The number of piperidine rings is 1. The van der Waals surface area contributed by atoms with Crippen molar-refractivity contribution < 1.29 is 13.5 Å². The Bertz CT molecular complexity index is 853. The van der Waals surface area contributed by atoms with Crippen molar-refractivity contribution in [3.8, 4) is 0 Å². The number of aliphatic hydroxyl groups is 1. The highest BCUT2D eigenvalue weighted by molar-refractivity contribution is 7.87. The molecule has 1 aliphatic heterocycles. The molecule has 2 heterocycles. The molecule has 0 amide bonds. The summed E-state index contributed by atoms with van der Waals surface area (Å²) in [6.45, 7) is 0.604. The minimum absolute atomic E-state index is 0.118. The van der Waals surface area contributed by atoms with Crippen LogP contribution in [0.3, 0.4) is 0 Å². The zero-order valence-electron chi connectivity index (χ0n) is 11.7. The Kier molecular flexibility index (Phi) is 2.90. The van der Waals surface area contributed by atoms with Gasteiger partial charge in [-0.1, -0.05) is 11.6 Å². The third kappa shape index (κ3) is 1.79. The van der Waals surface area contributed by atoms with E-state index in [-0.39, 0.29) is 11.8 Å². The molecule has 4 rings (SSSR count). The van der Waals surface area contributed by atoms with Crippen LogP contribution in [-0.2, 0) is 15.8 Å². The van der Waals surface area contributed by atoms with E-state index in [0.717, 1.165) is 16.5 Å². The molecule has 1 aliphatic carbocycles. The number of aromatic amines is 1. The average molecular weight is 343 g/mol. The molecule has 9 heteroatoms. The summed E-state index contributed by atoms with van der Waals surface area (Å²) < 4.78 is 27.4. The van der Waals surface area contributed by atoms with Gasteiger partial charge in [-0.05, 0) is 17.7 Å². The van der Waals surface area contributed by atoms with Gasteiger partial charge < -0.3 is 5.11 Å². The molecule has 0 radical (unpaired) electrons. The van der Waals surface area contributed by atoms with Crippen molar-refractivity contribution >= 4 is 32.7 Å². The van der Waals surface area contributed by atoms with Gasteiger partial charge in [-0.25, -0.2) is 4.72 Å². The van der Waals surface area contributed by atoms with E-state index < -0.39 is 15.8 Å². The molecular weight excluding hydrogens is 328 g/mol. The van der Waals surface area contributed by atoms with Crippen molar-refractivity contribution in [3.05, 3.63) is 28.9 Å². The lowest BCUT2D eigenvalue weighted by Gasteiger charge is -2.23. The topological polar surface area (TPSA) is 98.3 Å². The van der Waals surface area contributed by atoms with Gasteiger partial charge in [-0.15, -0.1) is 0 Å². The summed E-state index contributed by atoms with van der Waals surface area (Å²) in [5.74, 6) is -0.237. The number of benzene rings is 1. The molecule has 2 aliphatic rings. The normalized spacial score (nSPS) is 31.6. The summed E-state index contributed by atoms with van der Waals surface area (Å²) in [4.78, 5) is 0. The van der Waals surface area contributed by atoms with Crippen molar-refractivity contribution in [1.82, 2.24) is 19.2 Å². The fraction of sp³-hybridized carbons (Fsp3) is 0.462. The number of halogens is 1. The Labute approximate surface area is 132 Å². The van der Waals surface area contributed by atoms with Crippen LogP contribution < -0.4 is 4.72 Å². The lowest BCUT2D eigenvalue weighted by atomic mass is 9.99. The Hall–Kier alpha value is -1.19. The van der Waals surface area contributed by atoms with Crippen LogP contribution in [0.4, 0.5) is 0 Å². The van der Waals surface area contributed by atoms with Gasteiger partial charge in [0.05, 0.1) is 17.3 Å². The number of fused-ring (bicyclic) bond motifs is 2. The van der Waals surface area contributed by atoms with Gasteiger partial charge in [-0.3, -0.25) is 5.10 Å². The van der Waals surface area contributed by atoms with Crippen molar-refractivity contribution in [1.29, 1.82) is 0 Å². The molecule has 7 nitrogen and oxygen atoms in total. The first-order valence-corrected chi connectivity index (χ1v) is 8.74. The van der Waals surface area contributed by atoms with Crippen LogP contribution in [0.2, 0.25) is 5.02 Å². The van der Waals surface area contributed by atoms with Gasteiger partial charge in [-0.2, -0.15) is 17.8 Å². The second-order valence-corrected chi connectivity index (χ2v) is 8.16. The van der Waals surface area contributed by atoms with Crippen LogP contribution in [0, 0.1) is 11.8 Å². The number of aromatic nitrogens is 2. The Morgan fingerprint density at radius 1 is 1.45 bits per heavy atom. The van der Waals surface area contributed by atoms with Crippen molar-refractivity contribution in [2.75, 3.05) is 20.1 Å². The van der Waals surface area contributed by atoms with E-state index in [1.165, 1.54) is 11.4 Å². The number of rotatable bonds is 3. The number of hydrogen-bond donors (Lipinski definition) is 3. The van der Waals surface area contributed by atoms with E-state index in [0.29, 0.717) is 18.1 Å². The smallest absolute Gasteiger partial charge is 0.279 e. The highest BCUT2D eigenvalue weighted by Gasteiger charge is 2.70. The van der Waals surface area contributed by atoms with Crippen molar-refractivity contribution in [3.63, 3.8) is 0 Å². The average Bonchev–Trinajstić information content (AvgIpc) is 2.94. The predicted molar refractivity (Wildman–Crippen MR) is 81.5 cm³/mol. The summed E-state index contributed by atoms with van der Waals surface area (Å²) in [5.41, 5.74) is 0.452. The lowest BCUT2D eigenvalue weighted by molar-refractivity contribution is 0.0990. The minimum Gasteiger partial charge on any atom is -0.384 e. The Morgan fingerprint density at radius 2 is 2.14 bits per heavy atom. The van der Waals surface area contributed by atoms with Crippen molar-refractivity contribution in [2.24, 2.45) is 11.8 Å². The van der Waals surface area contributed by atoms with Crippen LogP contribution >= 0.6 is 11.6 Å². The summed E-state index contributed by atoms with van der Waals surface area (Å²) in [6, 6.07) is 3.50. The van der Waals surface area contributed by atoms with Crippen LogP contribution in [0.15, 0.2) is 18.3 Å². The zero-order valence-corrected chi connectivity index (χ0v) is 13.3. The molecule has 1 aromatic carbocycles. The maximum absolute atomic E-state index is 11.8. The molecule has 0 bridgehead atoms. The largest absolute Gasteiger partial charge is 0.384 e. The van der Waals surface area contributed by atoms with Crippen LogP contribution in [0.25, 0.3) is 10.9 Å². The summed E-state index contributed by atoms with van der Waals surface area (Å²) in [6.07, 6.45) is 1.66. The molecule has 2 fully saturated rings. The number of nitrogens with one attached hydrogen (secondary N) is 2. The summed E-state index contributed by atoms with van der Waals surface area (Å²) in [7, 11) is -2.06. The van der Waals surface area contributed by atoms with E-state index in [9.17, 15) is 13.5 Å². The van der Waals surface area contributed by atoms with Gasteiger partial charge in [0.1, 0.15) is 0 Å². The zero-order chi connectivity index (χ0) is 15.7. The van der Waals surface area contributed by atoms with Gasteiger partial charge in [0.15, 0.2) is 0 Å². The second-order valence-electron chi connectivity index (χ2n) is 5.85. The minimum atomic E-state index is -3.44. The quantitative estimate of drug-likeness (QED) is 0.753. The number of nitrogens with zero attached hydrogens (tertiary/aromatic N) is 2. The van der Waals surface area contributed by atoms with Gasteiger partial charge in [0, 0.05) is 42.4 Å². The van der Waals surface area contributed by atoms with Gasteiger partial charge in [0.2, 0.25) is 0 Å². The molecule has 2 aromatic rings. The molecule has 3 atom stereocenters. The SMILES string of the molecule is CNS(=O)(=O)N1C[C@@H]2[C@H](C1)[C@@]2(O)c1cc(Cl)cc2[nH]ncc12. The standard InChI is InChI=1S/C13H15ClN4O3S/c1-15-22(20,21)18-5-10-11(6-18)13(10,19)9-2-7(14)3-12-8(9)4-16-17-12/h2-4,10-11,15,19H,5-6H2,1H3,(H,16,17)/t10-,11+,13-. The third-order valence-electron chi connectivity index (χ3n) is 4.86. The van der Waals surface area contributed by atoms with E-state index in [1.54, 1.807) is 18.3 Å². The third-order valence-corrected chi connectivity index (χ3v) is 6.57. The van der Waals surface area contributed by atoms with E-state index in [2.05, 4.69) is 14.9 Å². The van der Waals surface area contributed by atoms with Gasteiger partial charge >= 0.3 is 0 Å². The van der Waals surface area contributed by atoms with Crippen LogP contribution in [0.5, 0.6) is 0 Å². The number of hydrogen-bond acceptors (Lipinski definition) is 4. The molecule has 0 unspecified atom stereocenters. The molecule has 0 spiro atoms. The summed E-state index contributed by atoms with van der Waals surface area (Å²) >= 11 is 6.12.